The van der Waals surface area contributed by atoms with E-state index in [0.717, 1.165) is 28.5 Å². The summed E-state index contributed by atoms with van der Waals surface area (Å²) in [6.45, 7) is 0.281. The Labute approximate surface area is 147 Å². The van der Waals surface area contributed by atoms with Crippen molar-refractivity contribution in [2.24, 2.45) is 0 Å². The lowest BCUT2D eigenvalue weighted by Crippen LogP contribution is -2.04. The molecule has 0 aromatic heterocycles. The number of rotatable bonds is 3. The lowest BCUT2D eigenvalue weighted by Gasteiger charge is -2.09. The van der Waals surface area contributed by atoms with Gasteiger partial charge in [0, 0.05) is 11.4 Å². The molecule has 2 aromatic rings. The largest absolute Gasteiger partial charge is 0.454 e. The van der Waals surface area contributed by atoms with Crippen molar-refractivity contribution in [3.8, 4) is 11.5 Å². The van der Waals surface area contributed by atoms with Gasteiger partial charge in [0.2, 0.25) is 6.79 Å². The molecule has 0 atom stereocenters. The van der Waals surface area contributed by atoms with E-state index in [9.17, 15) is 0 Å². The van der Waals surface area contributed by atoms with Gasteiger partial charge in [0.1, 0.15) is 4.32 Å². The van der Waals surface area contributed by atoms with Gasteiger partial charge in [-0.05, 0) is 35.9 Å². The molecule has 1 heterocycles. The summed E-state index contributed by atoms with van der Waals surface area (Å²) in [7, 11) is 0. The van der Waals surface area contributed by atoms with E-state index in [0.29, 0.717) is 14.4 Å². The molecule has 0 fully saturated rings. The number of ether oxygens (including phenoxy) is 2. The highest BCUT2D eigenvalue weighted by Crippen LogP contribution is 2.33. The summed E-state index contributed by atoms with van der Waals surface area (Å²) in [4.78, 5) is 0. The van der Waals surface area contributed by atoms with Crippen LogP contribution in [0.25, 0.3) is 0 Å². The second-order valence-corrected chi connectivity index (χ2v) is 6.98. The summed E-state index contributed by atoms with van der Waals surface area (Å²) in [5, 5.41) is 4.14. The number of thiocarbonyl (C=S) groups is 1. The molecule has 0 aliphatic carbocycles. The molecule has 0 saturated heterocycles. The van der Waals surface area contributed by atoms with Gasteiger partial charge in [0.25, 0.3) is 0 Å². The van der Waals surface area contributed by atoms with Gasteiger partial charge < -0.3 is 14.8 Å². The van der Waals surface area contributed by atoms with Gasteiger partial charge in [-0.1, -0.05) is 53.2 Å². The first kappa shape index (κ1) is 15.7. The van der Waals surface area contributed by atoms with Gasteiger partial charge in [0.05, 0.1) is 10.0 Å². The molecule has 7 heteroatoms. The van der Waals surface area contributed by atoms with Crippen molar-refractivity contribution in [3.05, 3.63) is 52.0 Å². The predicted molar refractivity (Wildman–Crippen MR) is 96.5 cm³/mol. The fourth-order valence-corrected chi connectivity index (χ4v) is 3.17. The maximum Gasteiger partial charge on any atom is 0.231 e. The number of hydrogen-bond acceptors (Lipinski definition) is 4. The standard InChI is InChI=1S/C15H11Cl2NO2S2/c16-11-3-2-10(6-12(11)17)18-15(21)22-7-9-1-4-13-14(5-9)20-8-19-13/h1-6H,7-8H2,(H,18,21). The van der Waals surface area contributed by atoms with Crippen molar-refractivity contribution in [1.29, 1.82) is 0 Å². The highest BCUT2D eigenvalue weighted by molar-refractivity contribution is 8.22. The van der Waals surface area contributed by atoms with Gasteiger partial charge in [-0.2, -0.15) is 0 Å². The van der Waals surface area contributed by atoms with Crippen LogP contribution in [0.15, 0.2) is 36.4 Å². The van der Waals surface area contributed by atoms with Crippen molar-refractivity contribution >= 4 is 57.2 Å². The third-order valence-corrected chi connectivity index (χ3v) is 5.01. The average molecular weight is 372 g/mol. The number of hydrogen-bond donors (Lipinski definition) is 1. The number of benzene rings is 2. The summed E-state index contributed by atoms with van der Waals surface area (Å²) < 4.78 is 11.3. The first-order valence-corrected chi connectivity index (χ1v) is 8.54. The molecule has 3 nitrogen and oxygen atoms in total. The van der Waals surface area contributed by atoms with Crippen LogP contribution in [-0.4, -0.2) is 11.1 Å². The zero-order valence-electron chi connectivity index (χ0n) is 11.3. The zero-order chi connectivity index (χ0) is 15.5. The normalized spacial score (nSPS) is 12.3. The Morgan fingerprint density at radius 2 is 1.91 bits per heavy atom. The minimum absolute atomic E-state index is 0.281. The molecule has 1 aliphatic heterocycles. The summed E-state index contributed by atoms with van der Waals surface area (Å²) >= 11 is 18.7. The number of nitrogens with one attached hydrogen (secondary N) is 1. The van der Waals surface area contributed by atoms with Crippen LogP contribution in [0, 0.1) is 0 Å². The third kappa shape index (κ3) is 3.79. The van der Waals surface area contributed by atoms with E-state index in [1.165, 1.54) is 11.8 Å². The van der Waals surface area contributed by atoms with E-state index in [2.05, 4.69) is 5.32 Å². The number of thioether (sulfide) groups is 1. The molecular weight excluding hydrogens is 361 g/mol. The van der Waals surface area contributed by atoms with Crippen LogP contribution in [0.4, 0.5) is 5.69 Å². The van der Waals surface area contributed by atoms with Crippen LogP contribution in [-0.2, 0) is 5.75 Å². The summed E-state index contributed by atoms with van der Waals surface area (Å²) in [5.74, 6) is 2.30. The van der Waals surface area contributed by atoms with Crippen LogP contribution in [0.3, 0.4) is 0 Å². The fourth-order valence-electron chi connectivity index (χ4n) is 1.91. The fraction of sp³-hybridized carbons (Fsp3) is 0.133. The Morgan fingerprint density at radius 3 is 2.73 bits per heavy atom. The molecule has 0 unspecified atom stereocenters. The minimum atomic E-state index is 0.281. The molecule has 0 spiro atoms. The first-order valence-electron chi connectivity index (χ1n) is 6.39. The topological polar surface area (TPSA) is 30.5 Å². The van der Waals surface area contributed by atoms with Gasteiger partial charge in [-0.15, -0.1) is 0 Å². The van der Waals surface area contributed by atoms with E-state index >= 15 is 0 Å². The molecule has 3 rings (SSSR count). The van der Waals surface area contributed by atoms with Gasteiger partial charge in [-0.3, -0.25) is 0 Å². The number of anilines is 1. The maximum atomic E-state index is 5.98. The maximum absolute atomic E-state index is 5.98. The van der Waals surface area contributed by atoms with Gasteiger partial charge in [-0.25, -0.2) is 0 Å². The SMILES string of the molecule is S=C(Nc1ccc(Cl)c(Cl)c1)SCc1ccc2c(c1)OCO2. The van der Waals surface area contributed by atoms with Crippen LogP contribution in [0.5, 0.6) is 11.5 Å². The molecule has 0 radical (unpaired) electrons. The minimum Gasteiger partial charge on any atom is -0.454 e. The second kappa shape index (κ2) is 6.96. The smallest absolute Gasteiger partial charge is 0.231 e. The molecular formula is C15H11Cl2NO2S2. The van der Waals surface area contributed by atoms with Crippen molar-refractivity contribution in [1.82, 2.24) is 0 Å². The Morgan fingerprint density at radius 1 is 1.09 bits per heavy atom. The van der Waals surface area contributed by atoms with E-state index in [1.807, 2.05) is 24.3 Å². The monoisotopic (exact) mass is 371 g/mol. The van der Waals surface area contributed by atoms with Crippen LogP contribution < -0.4 is 14.8 Å². The van der Waals surface area contributed by atoms with Crippen molar-refractivity contribution in [3.63, 3.8) is 0 Å². The Kier molecular flexibility index (Phi) is 4.98. The summed E-state index contributed by atoms with van der Waals surface area (Å²) in [6.07, 6.45) is 0. The second-order valence-electron chi connectivity index (χ2n) is 4.52. The van der Waals surface area contributed by atoms with Crippen molar-refractivity contribution in [2.75, 3.05) is 12.1 Å². The molecule has 0 saturated carbocycles. The number of halogens is 2. The van der Waals surface area contributed by atoms with Crippen molar-refractivity contribution in [2.45, 2.75) is 5.75 Å². The Balaban J connectivity index is 1.57. The molecule has 0 amide bonds. The first-order chi connectivity index (χ1) is 10.6. The Hall–Kier alpha value is -1.14. The molecule has 0 bridgehead atoms. The quantitative estimate of drug-likeness (QED) is 0.734. The summed E-state index contributed by atoms with van der Waals surface area (Å²) in [6, 6.07) is 11.2. The van der Waals surface area contributed by atoms with Gasteiger partial charge >= 0.3 is 0 Å². The van der Waals surface area contributed by atoms with Crippen LogP contribution in [0.2, 0.25) is 10.0 Å². The van der Waals surface area contributed by atoms with Crippen LogP contribution in [0.1, 0.15) is 5.56 Å². The zero-order valence-corrected chi connectivity index (χ0v) is 14.4. The summed E-state index contributed by atoms with van der Waals surface area (Å²) in [5.41, 5.74) is 1.94. The Bertz CT molecular complexity index is 725. The molecule has 114 valence electrons. The number of fused-ring (bicyclic) bond motifs is 1. The van der Waals surface area contributed by atoms with E-state index < -0.39 is 0 Å². The van der Waals surface area contributed by atoms with E-state index in [-0.39, 0.29) is 6.79 Å². The molecule has 22 heavy (non-hydrogen) atoms. The highest BCUT2D eigenvalue weighted by atomic mass is 35.5. The van der Waals surface area contributed by atoms with Gasteiger partial charge in [0.15, 0.2) is 11.5 Å². The van der Waals surface area contributed by atoms with Crippen LogP contribution >= 0.6 is 47.2 Å². The predicted octanol–water partition coefficient (Wildman–Crippen LogP) is 5.35. The molecule has 2 aromatic carbocycles. The lowest BCUT2D eigenvalue weighted by molar-refractivity contribution is 0.174. The highest BCUT2D eigenvalue weighted by Gasteiger charge is 2.13. The van der Waals surface area contributed by atoms with Crippen molar-refractivity contribution < 1.29 is 9.47 Å². The van der Waals surface area contributed by atoms with E-state index in [4.69, 9.17) is 44.9 Å². The third-order valence-electron chi connectivity index (χ3n) is 2.97. The van der Waals surface area contributed by atoms with E-state index in [1.54, 1.807) is 12.1 Å². The molecule has 1 N–H and O–H groups in total. The lowest BCUT2D eigenvalue weighted by atomic mass is 10.2. The molecule has 1 aliphatic rings. The average Bonchev–Trinajstić information content (AvgIpc) is 2.96.